The first kappa shape index (κ1) is 18.0. The van der Waals surface area contributed by atoms with E-state index in [1.54, 1.807) is 47.5 Å². The lowest BCUT2D eigenvalue weighted by Gasteiger charge is -2.16. The van der Waals surface area contributed by atoms with Gasteiger partial charge in [0.05, 0.1) is 20.9 Å². The number of amides is 2. The molecular weight excluding hydrogens is 400 g/mol. The van der Waals surface area contributed by atoms with Crippen LogP contribution in [0.15, 0.2) is 40.2 Å². The van der Waals surface area contributed by atoms with Crippen molar-refractivity contribution in [1.29, 1.82) is 0 Å². The summed E-state index contributed by atoms with van der Waals surface area (Å²) in [4.78, 5) is 26.8. The summed E-state index contributed by atoms with van der Waals surface area (Å²) >= 11 is 11.0. The zero-order chi connectivity index (χ0) is 16.8. The van der Waals surface area contributed by atoms with Crippen molar-refractivity contribution >= 4 is 50.7 Å². The maximum absolute atomic E-state index is 12.1. The first-order chi connectivity index (χ1) is 11.0. The molecule has 0 spiro atoms. The number of halogens is 2. The molecule has 2 aromatic rings. The molecule has 7 heteroatoms. The van der Waals surface area contributed by atoms with E-state index in [-0.39, 0.29) is 24.8 Å². The van der Waals surface area contributed by atoms with Gasteiger partial charge in [0.1, 0.15) is 0 Å². The molecule has 0 bridgehead atoms. The van der Waals surface area contributed by atoms with Gasteiger partial charge in [-0.3, -0.25) is 9.59 Å². The minimum absolute atomic E-state index is 0.0195. The third-order valence-corrected chi connectivity index (χ3v) is 5.13. The summed E-state index contributed by atoms with van der Waals surface area (Å²) in [5.41, 5.74) is 0.415. The lowest BCUT2D eigenvalue weighted by Crippen LogP contribution is -2.31. The van der Waals surface area contributed by atoms with E-state index in [1.807, 2.05) is 12.1 Å². The molecule has 0 unspecified atom stereocenters. The van der Waals surface area contributed by atoms with Gasteiger partial charge in [-0.25, -0.2) is 0 Å². The first-order valence-corrected chi connectivity index (χ1v) is 8.97. The third-order valence-electron chi connectivity index (χ3n) is 3.19. The van der Waals surface area contributed by atoms with Gasteiger partial charge in [-0.15, -0.1) is 11.3 Å². The van der Waals surface area contributed by atoms with E-state index >= 15 is 0 Å². The quantitative estimate of drug-likeness (QED) is 0.777. The molecule has 0 atom stereocenters. The second-order valence-electron chi connectivity index (χ2n) is 4.94. The maximum atomic E-state index is 12.1. The lowest BCUT2D eigenvalue weighted by atomic mass is 10.2. The molecule has 1 aromatic heterocycles. The molecule has 2 rings (SSSR count). The molecule has 1 heterocycles. The number of hydrogen-bond acceptors (Lipinski definition) is 3. The Morgan fingerprint density at radius 3 is 2.65 bits per heavy atom. The van der Waals surface area contributed by atoms with Gasteiger partial charge in [0.25, 0.3) is 5.91 Å². The number of nitrogens with one attached hydrogen (secondary N) is 1. The van der Waals surface area contributed by atoms with Crippen LogP contribution in [0.4, 0.5) is 0 Å². The van der Waals surface area contributed by atoms with Gasteiger partial charge < -0.3 is 10.2 Å². The van der Waals surface area contributed by atoms with Crippen LogP contribution in [0.1, 0.15) is 21.7 Å². The number of thiophene rings is 1. The van der Waals surface area contributed by atoms with Crippen molar-refractivity contribution in [3.8, 4) is 0 Å². The average Bonchev–Trinajstić information content (AvgIpc) is 2.92. The van der Waals surface area contributed by atoms with Crippen LogP contribution < -0.4 is 5.32 Å². The van der Waals surface area contributed by atoms with Crippen LogP contribution in [0.2, 0.25) is 5.02 Å². The Bertz CT molecular complexity index is 705. The van der Waals surface area contributed by atoms with Crippen molar-refractivity contribution in [1.82, 2.24) is 10.2 Å². The van der Waals surface area contributed by atoms with Gasteiger partial charge >= 0.3 is 0 Å². The second-order valence-corrected chi connectivity index (χ2v) is 7.90. The van der Waals surface area contributed by atoms with Crippen LogP contribution in [-0.2, 0) is 11.3 Å². The highest BCUT2D eigenvalue weighted by atomic mass is 79.9. The summed E-state index contributed by atoms with van der Waals surface area (Å²) < 4.78 is 1.04. The number of rotatable bonds is 6. The van der Waals surface area contributed by atoms with Crippen LogP contribution in [-0.4, -0.2) is 30.3 Å². The molecule has 1 aromatic carbocycles. The van der Waals surface area contributed by atoms with E-state index in [4.69, 9.17) is 11.6 Å². The Hall–Kier alpha value is -1.37. The number of hydrogen-bond donors (Lipinski definition) is 1. The summed E-state index contributed by atoms with van der Waals surface area (Å²) in [6.07, 6.45) is 0.249. The minimum Gasteiger partial charge on any atom is -0.351 e. The zero-order valence-electron chi connectivity index (χ0n) is 12.5. The largest absolute Gasteiger partial charge is 0.351 e. The van der Waals surface area contributed by atoms with Gasteiger partial charge in [-0.2, -0.15) is 0 Å². The Labute approximate surface area is 152 Å². The van der Waals surface area contributed by atoms with Gasteiger partial charge in [0, 0.05) is 24.9 Å². The zero-order valence-corrected chi connectivity index (χ0v) is 15.7. The number of carbonyl (C=O) groups excluding carboxylic acids is 2. The van der Waals surface area contributed by atoms with Crippen molar-refractivity contribution in [2.75, 3.05) is 13.6 Å². The molecule has 4 nitrogen and oxygen atoms in total. The first-order valence-electron chi connectivity index (χ1n) is 6.98. The fourth-order valence-corrected chi connectivity index (χ4v) is 3.73. The number of benzene rings is 1. The summed E-state index contributed by atoms with van der Waals surface area (Å²) in [6, 6.07) is 10.8. The highest BCUT2D eigenvalue weighted by Gasteiger charge is 2.13. The van der Waals surface area contributed by atoms with E-state index in [9.17, 15) is 9.59 Å². The predicted octanol–water partition coefficient (Wildman–Crippen LogP) is 3.94. The summed E-state index contributed by atoms with van der Waals surface area (Å²) in [5, 5.41) is 3.12. The maximum Gasteiger partial charge on any atom is 0.252 e. The van der Waals surface area contributed by atoms with Gasteiger partial charge in [0.15, 0.2) is 0 Å². The molecule has 0 radical (unpaired) electrons. The molecular formula is C16H16BrClN2O2S. The van der Waals surface area contributed by atoms with Crippen molar-refractivity contribution in [2.24, 2.45) is 0 Å². The van der Waals surface area contributed by atoms with Crippen LogP contribution in [0.25, 0.3) is 0 Å². The van der Waals surface area contributed by atoms with Crippen LogP contribution >= 0.6 is 38.9 Å². The fraction of sp³-hybridized carbons (Fsp3) is 0.250. The molecule has 1 N–H and O–H groups in total. The second kappa shape index (κ2) is 8.47. The smallest absolute Gasteiger partial charge is 0.252 e. The minimum atomic E-state index is -0.270. The molecule has 0 aliphatic heterocycles. The number of carbonyl (C=O) groups is 2. The van der Waals surface area contributed by atoms with E-state index < -0.39 is 0 Å². The molecule has 23 heavy (non-hydrogen) atoms. The molecule has 0 saturated carbocycles. The summed E-state index contributed by atoms with van der Waals surface area (Å²) in [7, 11) is 1.76. The van der Waals surface area contributed by atoms with Gasteiger partial charge in [-0.05, 0) is 40.2 Å². The van der Waals surface area contributed by atoms with Crippen molar-refractivity contribution in [2.45, 2.75) is 13.0 Å². The summed E-state index contributed by atoms with van der Waals surface area (Å²) in [6.45, 7) is 0.842. The molecule has 0 aliphatic carbocycles. The fourth-order valence-electron chi connectivity index (χ4n) is 1.97. The van der Waals surface area contributed by atoms with E-state index in [1.165, 1.54) is 0 Å². The molecule has 0 fully saturated rings. The van der Waals surface area contributed by atoms with Crippen LogP contribution in [0.3, 0.4) is 0 Å². The SMILES string of the molecule is CN(Cc1ccc(Br)s1)C(=O)CCNC(=O)c1ccccc1Cl. The normalized spacial score (nSPS) is 10.4. The van der Waals surface area contributed by atoms with Crippen molar-refractivity contribution in [3.63, 3.8) is 0 Å². The Kier molecular flexibility index (Phi) is 6.62. The third kappa shape index (κ3) is 5.34. The van der Waals surface area contributed by atoms with E-state index in [2.05, 4.69) is 21.2 Å². The van der Waals surface area contributed by atoms with Crippen LogP contribution in [0, 0.1) is 0 Å². The monoisotopic (exact) mass is 414 g/mol. The highest BCUT2D eigenvalue weighted by molar-refractivity contribution is 9.11. The molecule has 0 saturated heterocycles. The van der Waals surface area contributed by atoms with E-state index in [0.717, 1.165) is 8.66 Å². The topological polar surface area (TPSA) is 49.4 Å². The van der Waals surface area contributed by atoms with Crippen LogP contribution in [0.5, 0.6) is 0 Å². The number of nitrogens with zero attached hydrogens (tertiary/aromatic N) is 1. The molecule has 0 aliphatic rings. The highest BCUT2D eigenvalue weighted by Crippen LogP contribution is 2.23. The van der Waals surface area contributed by atoms with Crippen molar-refractivity contribution < 1.29 is 9.59 Å². The molecule has 2 amide bonds. The summed E-state index contributed by atoms with van der Waals surface area (Å²) in [5.74, 6) is -0.290. The Balaban J connectivity index is 1.78. The lowest BCUT2D eigenvalue weighted by molar-refractivity contribution is -0.130. The average molecular weight is 416 g/mol. The van der Waals surface area contributed by atoms with E-state index in [0.29, 0.717) is 17.1 Å². The standard InChI is InChI=1S/C16H16BrClN2O2S/c1-20(10-11-6-7-14(17)23-11)15(21)8-9-19-16(22)12-4-2-3-5-13(12)18/h2-7H,8-10H2,1H3,(H,19,22). The molecule has 122 valence electrons. The Morgan fingerprint density at radius 1 is 1.26 bits per heavy atom. The van der Waals surface area contributed by atoms with Gasteiger partial charge in [-0.1, -0.05) is 23.7 Å². The van der Waals surface area contributed by atoms with Crippen molar-refractivity contribution in [3.05, 3.63) is 55.6 Å². The Morgan fingerprint density at radius 2 is 2.00 bits per heavy atom. The predicted molar refractivity (Wildman–Crippen MR) is 96.9 cm³/mol. The van der Waals surface area contributed by atoms with Gasteiger partial charge in [0.2, 0.25) is 5.91 Å².